The molecule has 4 heteroatoms. The fourth-order valence-electron chi connectivity index (χ4n) is 1.43. The minimum absolute atomic E-state index is 0.112. The second-order valence-electron chi connectivity index (χ2n) is 3.98. The Morgan fingerprint density at radius 1 is 1.53 bits per heavy atom. The maximum atomic E-state index is 13.1. The van der Waals surface area contributed by atoms with Crippen LogP contribution >= 0.6 is 0 Å². The summed E-state index contributed by atoms with van der Waals surface area (Å²) in [4.78, 5) is 0. The Morgan fingerprint density at radius 3 is 2.87 bits per heavy atom. The second kappa shape index (κ2) is 4.16. The minimum Gasteiger partial charge on any atom is -0.396 e. The fraction of sp³-hybridized carbons (Fsp3) is 0.455. The molecule has 1 aliphatic rings. The molecule has 1 atom stereocenters. The Bertz CT molecular complexity index is 352. The van der Waals surface area contributed by atoms with E-state index < -0.39 is 11.9 Å². The first kappa shape index (κ1) is 10.4. The van der Waals surface area contributed by atoms with Crippen LogP contribution in [0.5, 0.6) is 0 Å². The Labute approximate surface area is 88.1 Å². The molecule has 82 valence electrons. The van der Waals surface area contributed by atoms with E-state index in [4.69, 9.17) is 5.73 Å². The van der Waals surface area contributed by atoms with E-state index in [1.165, 1.54) is 25.0 Å². The first-order chi connectivity index (χ1) is 7.16. The van der Waals surface area contributed by atoms with Gasteiger partial charge in [-0.25, -0.2) is 4.39 Å². The molecule has 0 bridgehead atoms. The van der Waals surface area contributed by atoms with Crippen molar-refractivity contribution in [2.75, 3.05) is 12.3 Å². The van der Waals surface area contributed by atoms with E-state index in [0.29, 0.717) is 18.2 Å². The van der Waals surface area contributed by atoms with E-state index in [0.717, 1.165) is 0 Å². The monoisotopic (exact) mass is 210 g/mol. The molecule has 0 amide bonds. The maximum Gasteiger partial charge on any atom is 0.146 e. The Hall–Kier alpha value is -1.13. The van der Waals surface area contributed by atoms with Crippen LogP contribution in [0.1, 0.15) is 24.5 Å². The highest BCUT2D eigenvalue weighted by atomic mass is 19.1. The van der Waals surface area contributed by atoms with Crippen LogP contribution in [0.15, 0.2) is 18.2 Å². The number of nitrogens with two attached hydrogens (primary N) is 1. The summed E-state index contributed by atoms with van der Waals surface area (Å²) >= 11 is 0. The Balaban J connectivity index is 1.97. The van der Waals surface area contributed by atoms with Crippen molar-refractivity contribution in [2.45, 2.75) is 25.0 Å². The average molecular weight is 210 g/mol. The number of aliphatic hydroxyl groups excluding tert-OH is 1. The molecule has 1 aromatic rings. The second-order valence-corrected chi connectivity index (χ2v) is 3.98. The van der Waals surface area contributed by atoms with Crippen molar-refractivity contribution in [2.24, 2.45) is 0 Å². The van der Waals surface area contributed by atoms with Crippen molar-refractivity contribution >= 4 is 5.69 Å². The van der Waals surface area contributed by atoms with E-state index >= 15 is 0 Å². The molecule has 0 heterocycles. The Morgan fingerprint density at radius 2 is 2.27 bits per heavy atom. The number of benzene rings is 1. The number of hydrogen-bond acceptors (Lipinski definition) is 3. The average Bonchev–Trinajstić information content (AvgIpc) is 3.02. The van der Waals surface area contributed by atoms with Gasteiger partial charge in [-0.15, -0.1) is 0 Å². The van der Waals surface area contributed by atoms with E-state index in [1.54, 1.807) is 6.07 Å². The van der Waals surface area contributed by atoms with Crippen molar-refractivity contribution in [3.05, 3.63) is 29.6 Å². The third-order valence-corrected chi connectivity index (χ3v) is 2.59. The zero-order valence-electron chi connectivity index (χ0n) is 8.41. The largest absolute Gasteiger partial charge is 0.396 e. The molecule has 4 N–H and O–H groups in total. The summed E-state index contributed by atoms with van der Waals surface area (Å²) < 4.78 is 13.1. The number of nitrogen functional groups attached to an aromatic ring is 1. The van der Waals surface area contributed by atoms with Gasteiger partial charge in [0.1, 0.15) is 5.82 Å². The standard InChI is InChI=1S/C11H15FN2O/c12-9-5-7(1-4-10(9)13)11(15)6-14-8-2-3-8/h1,4-5,8,11,14-15H,2-3,6,13H2. The molecule has 1 saturated carbocycles. The van der Waals surface area contributed by atoms with Crippen molar-refractivity contribution in [3.63, 3.8) is 0 Å². The molecular formula is C11H15FN2O. The van der Waals surface area contributed by atoms with Crippen molar-refractivity contribution in [1.29, 1.82) is 0 Å². The van der Waals surface area contributed by atoms with E-state index in [-0.39, 0.29) is 5.69 Å². The van der Waals surface area contributed by atoms with Crippen molar-refractivity contribution in [1.82, 2.24) is 5.32 Å². The van der Waals surface area contributed by atoms with Gasteiger partial charge in [-0.05, 0) is 30.5 Å². The third kappa shape index (κ3) is 2.67. The van der Waals surface area contributed by atoms with E-state index in [9.17, 15) is 9.50 Å². The molecule has 1 fully saturated rings. The van der Waals surface area contributed by atoms with Crippen LogP contribution in [0.2, 0.25) is 0 Å². The summed E-state index contributed by atoms with van der Waals surface area (Å²) in [7, 11) is 0. The minimum atomic E-state index is -0.666. The topological polar surface area (TPSA) is 58.3 Å². The number of rotatable bonds is 4. The number of aliphatic hydroxyl groups is 1. The normalized spacial score (nSPS) is 17.7. The van der Waals surface area contributed by atoms with Gasteiger partial charge >= 0.3 is 0 Å². The van der Waals surface area contributed by atoms with Gasteiger partial charge in [-0.2, -0.15) is 0 Å². The van der Waals surface area contributed by atoms with Crippen LogP contribution in [0.3, 0.4) is 0 Å². The molecule has 1 aliphatic carbocycles. The van der Waals surface area contributed by atoms with Crippen LogP contribution < -0.4 is 11.1 Å². The number of halogens is 1. The number of nitrogens with one attached hydrogen (secondary N) is 1. The summed E-state index contributed by atoms with van der Waals surface area (Å²) in [5, 5.41) is 12.9. The quantitative estimate of drug-likeness (QED) is 0.654. The van der Waals surface area contributed by atoms with Crippen LogP contribution in [0.25, 0.3) is 0 Å². The first-order valence-corrected chi connectivity index (χ1v) is 5.13. The number of hydrogen-bond donors (Lipinski definition) is 3. The predicted octanol–water partition coefficient (Wildman–Crippen LogP) is 1.19. The highest BCUT2D eigenvalue weighted by Crippen LogP contribution is 2.21. The molecule has 0 saturated heterocycles. The van der Waals surface area contributed by atoms with Crippen LogP contribution in [0, 0.1) is 5.82 Å². The van der Waals surface area contributed by atoms with E-state index in [2.05, 4.69) is 5.32 Å². The summed E-state index contributed by atoms with van der Waals surface area (Å²) in [5.74, 6) is -0.474. The molecule has 0 aliphatic heterocycles. The first-order valence-electron chi connectivity index (χ1n) is 5.13. The van der Waals surface area contributed by atoms with Crippen LogP contribution in [0.4, 0.5) is 10.1 Å². The maximum absolute atomic E-state index is 13.1. The number of anilines is 1. The summed E-state index contributed by atoms with van der Waals surface area (Å²) in [6.07, 6.45) is 1.67. The summed E-state index contributed by atoms with van der Waals surface area (Å²) in [6, 6.07) is 4.95. The summed E-state index contributed by atoms with van der Waals surface area (Å²) in [6.45, 7) is 0.466. The van der Waals surface area contributed by atoms with Gasteiger partial charge in [0.2, 0.25) is 0 Å². The van der Waals surface area contributed by atoms with Gasteiger partial charge in [0.25, 0.3) is 0 Å². The smallest absolute Gasteiger partial charge is 0.146 e. The van der Waals surface area contributed by atoms with Gasteiger partial charge in [-0.3, -0.25) is 0 Å². The van der Waals surface area contributed by atoms with Gasteiger partial charge in [-0.1, -0.05) is 6.07 Å². The molecule has 3 nitrogen and oxygen atoms in total. The lowest BCUT2D eigenvalue weighted by molar-refractivity contribution is 0.174. The van der Waals surface area contributed by atoms with Gasteiger partial charge in [0.05, 0.1) is 11.8 Å². The van der Waals surface area contributed by atoms with Crippen LogP contribution in [-0.4, -0.2) is 17.7 Å². The highest BCUT2D eigenvalue weighted by Gasteiger charge is 2.21. The molecule has 1 aromatic carbocycles. The zero-order chi connectivity index (χ0) is 10.8. The molecule has 0 spiro atoms. The van der Waals surface area contributed by atoms with Crippen molar-refractivity contribution in [3.8, 4) is 0 Å². The molecule has 1 unspecified atom stereocenters. The van der Waals surface area contributed by atoms with Crippen LogP contribution in [-0.2, 0) is 0 Å². The Kier molecular flexibility index (Phi) is 2.88. The lowest BCUT2D eigenvalue weighted by Crippen LogP contribution is -2.23. The zero-order valence-corrected chi connectivity index (χ0v) is 8.41. The molecular weight excluding hydrogens is 195 g/mol. The van der Waals surface area contributed by atoms with Gasteiger partial charge in [0, 0.05) is 12.6 Å². The molecule has 15 heavy (non-hydrogen) atoms. The lowest BCUT2D eigenvalue weighted by Gasteiger charge is -2.12. The summed E-state index contributed by atoms with van der Waals surface area (Å²) in [5.41, 5.74) is 6.03. The lowest BCUT2D eigenvalue weighted by atomic mass is 10.1. The van der Waals surface area contributed by atoms with Gasteiger partial charge < -0.3 is 16.2 Å². The fourth-order valence-corrected chi connectivity index (χ4v) is 1.43. The highest BCUT2D eigenvalue weighted by molar-refractivity contribution is 5.41. The molecule has 0 radical (unpaired) electrons. The molecule has 0 aromatic heterocycles. The van der Waals surface area contributed by atoms with E-state index in [1.807, 2.05) is 0 Å². The predicted molar refractivity (Wildman–Crippen MR) is 56.8 cm³/mol. The SMILES string of the molecule is Nc1ccc(C(O)CNC2CC2)cc1F. The third-order valence-electron chi connectivity index (χ3n) is 2.59. The molecule has 2 rings (SSSR count). The van der Waals surface area contributed by atoms with Crippen molar-refractivity contribution < 1.29 is 9.50 Å². The van der Waals surface area contributed by atoms with Gasteiger partial charge in [0.15, 0.2) is 0 Å².